The highest BCUT2D eigenvalue weighted by molar-refractivity contribution is 7.99. The fraction of sp³-hybridized carbons (Fsp3) is 0.516. The zero-order valence-corrected chi connectivity index (χ0v) is 24.4. The third-order valence-electron chi connectivity index (χ3n) is 8.45. The summed E-state index contributed by atoms with van der Waals surface area (Å²) in [4.78, 5) is 39.3. The Bertz CT molecular complexity index is 1370. The van der Waals surface area contributed by atoms with Crippen LogP contribution in [0.1, 0.15) is 84.8 Å². The molecular weight excluding hydrogens is 589 g/mol. The largest absolute Gasteiger partial charge is 0.416 e. The van der Waals surface area contributed by atoms with Gasteiger partial charge < -0.3 is 10.2 Å². The lowest BCUT2D eigenvalue weighted by Crippen LogP contribution is -2.59. The number of alkyl halides is 5. The van der Waals surface area contributed by atoms with Gasteiger partial charge in [-0.3, -0.25) is 19.7 Å². The second-order valence-electron chi connectivity index (χ2n) is 11.6. The number of carbonyl (C=O) groups excluding carboxylic acids is 3. The van der Waals surface area contributed by atoms with Gasteiger partial charge in [-0.25, -0.2) is 8.78 Å². The van der Waals surface area contributed by atoms with Crippen LogP contribution >= 0.6 is 11.8 Å². The van der Waals surface area contributed by atoms with E-state index in [9.17, 15) is 36.3 Å². The number of hydrogen-bond acceptors (Lipinski definition) is 5. The van der Waals surface area contributed by atoms with Gasteiger partial charge in [-0.05, 0) is 60.9 Å². The Labute approximate surface area is 251 Å². The predicted molar refractivity (Wildman–Crippen MR) is 152 cm³/mol. The van der Waals surface area contributed by atoms with Crippen LogP contribution in [0.25, 0.3) is 0 Å². The van der Waals surface area contributed by atoms with Crippen molar-refractivity contribution in [3.63, 3.8) is 0 Å². The first kappa shape index (κ1) is 31.4. The molecule has 3 amide bonds. The number of rotatable bonds is 12. The van der Waals surface area contributed by atoms with Gasteiger partial charge in [0.2, 0.25) is 11.8 Å². The minimum atomic E-state index is -4.61. The Morgan fingerprint density at radius 3 is 2.40 bits per heavy atom. The molecule has 0 spiro atoms. The lowest BCUT2D eigenvalue weighted by Gasteiger charge is -2.49. The van der Waals surface area contributed by atoms with Gasteiger partial charge >= 0.3 is 6.18 Å². The number of thioether (sulfide) groups is 1. The molecule has 2 fully saturated rings. The molecule has 1 saturated carbocycles. The molecule has 2 aromatic rings. The maximum absolute atomic E-state index is 13.9. The summed E-state index contributed by atoms with van der Waals surface area (Å²) in [5.74, 6) is -3.12. The van der Waals surface area contributed by atoms with Crippen LogP contribution in [-0.2, 0) is 27.8 Å². The van der Waals surface area contributed by atoms with Crippen molar-refractivity contribution < 1.29 is 36.3 Å². The van der Waals surface area contributed by atoms with Crippen molar-refractivity contribution in [3.05, 3.63) is 64.7 Å². The first-order valence-corrected chi connectivity index (χ1v) is 15.6. The lowest BCUT2D eigenvalue weighted by molar-refractivity contribution is -0.153. The van der Waals surface area contributed by atoms with Gasteiger partial charge in [0.1, 0.15) is 6.04 Å². The van der Waals surface area contributed by atoms with Crippen LogP contribution in [0.3, 0.4) is 0 Å². The molecule has 1 saturated heterocycles. The molecule has 0 radical (unpaired) electrons. The van der Waals surface area contributed by atoms with E-state index in [1.807, 2.05) is 12.1 Å². The highest BCUT2D eigenvalue weighted by Gasteiger charge is 2.59. The second-order valence-corrected chi connectivity index (χ2v) is 12.7. The monoisotopic (exact) mass is 623 g/mol. The van der Waals surface area contributed by atoms with Gasteiger partial charge in [-0.15, -0.1) is 11.8 Å². The summed E-state index contributed by atoms with van der Waals surface area (Å²) in [6.45, 7) is 0.683. The van der Waals surface area contributed by atoms with Crippen LogP contribution in [0.2, 0.25) is 0 Å². The number of nitrogens with one attached hydrogen (secondary N) is 2. The zero-order valence-electron chi connectivity index (χ0n) is 23.6. The van der Waals surface area contributed by atoms with E-state index in [0.29, 0.717) is 31.5 Å². The third kappa shape index (κ3) is 6.90. The summed E-state index contributed by atoms with van der Waals surface area (Å²) in [5.41, 5.74) is -0.873. The summed E-state index contributed by atoms with van der Waals surface area (Å²) in [5, 5.41) is 5.36. The number of benzene rings is 2. The molecule has 2 heterocycles. The van der Waals surface area contributed by atoms with E-state index in [0.717, 1.165) is 48.0 Å². The lowest BCUT2D eigenvalue weighted by atomic mass is 9.67. The third-order valence-corrected chi connectivity index (χ3v) is 9.64. The summed E-state index contributed by atoms with van der Waals surface area (Å²) in [6, 6.07) is 9.88. The standard InChI is InChI=1S/C31H34F5N3O3S/c32-30(33)18-29(19-30,22-10-4-5-11-23(22)31(34,35)36)37-15-6-2-1-3-7-16-43-25-12-8-9-20-21(25)17-39(28(20)42)24-13-14-26(40)38-27(24)41/h4-5,8-12,24,37H,1-3,6-7,13-19H2,(H,38,40,41). The van der Waals surface area contributed by atoms with Crippen molar-refractivity contribution >= 4 is 29.5 Å². The number of imide groups is 1. The molecule has 1 aliphatic carbocycles. The van der Waals surface area contributed by atoms with Gasteiger partial charge in [0.05, 0.1) is 11.1 Å². The Kier molecular flexibility index (Phi) is 9.18. The molecule has 1 unspecified atom stereocenters. The number of unbranched alkanes of at least 4 members (excludes halogenated alkanes) is 4. The van der Waals surface area contributed by atoms with E-state index in [-0.39, 0.29) is 23.8 Å². The van der Waals surface area contributed by atoms with E-state index < -0.39 is 48.0 Å². The van der Waals surface area contributed by atoms with Gasteiger partial charge in [0, 0.05) is 36.3 Å². The molecule has 3 aliphatic rings. The van der Waals surface area contributed by atoms with E-state index in [1.165, 1.54) is 18.2 Å². The molecule has 6 nitrogen and oxygen atoms in total. The number of halogens is 5. The highest BCUT2D eigenvalue weighted by Crippen LogP contribution is 2.54. The Morgan fingerprint density at radius 1 is 0.953 bits per heavy atom. The first-order chi connectivity index (χ1) is 20.4. The van der Waals surface area contributed by atoms with Gasteiger partial charge in [-0.2, -0.15) is 13.2 Å². The van der Waals surface area contributed by atoms with Gasteiger partial charge in [-0.1, -0.05) is 43.5 Å². The van der Waals surface area contributed by atoms with E-state index in [1.54, 1.807) is 22.7 Å². The average Bonchev–Trinajstić information content (AvgIpc) is 3.27. The molecule has 5 rings (SSSR count). The number of carbonyl (C=O) groups is 3. The summed E-state index contributed by atoms with van der Waals surface area (Å²) in [6.07, 6.45) is -1.15. The van der Waals surface area contributed by atoms with Crippen molar-refractivity contribution in [3.8, 4) is 0 Å². The molecular formula is C31H34F5N3O3S. The van der Waals surface area contributed by atoms with Crippen molar-refractivity contribution in [1.82, 2.24) is 15.5 Å². The maximum Gasteiger partial charge on any atom is 0.416 e. The second kappa shape index (κ2) is 12.6. The minimum Gasteiger partial charge on any atom is -0.322 e. The van der Waals surface area contributed by atoms with Gasteiger partial charge in [0.25, 0.3) is 11.8 Å². The highest BCUT2D eigenvalue weighted by atomic mass is 32.2. The zero-order chi connectivity index (χ0) is 30.8. The van der Waals surface area contributed by atoms with Crippen LogP contribution in [0.5, 0.6) is 0 Å². The van der Waals surface area contributed by atoms with Gasteiger partial charge in [0.15, 0.2) is 0 Å². The molecule has 2 aliphatic heterocycles. The Hall–Kier alpha value is -2.99. The van der Waals surface area contributed by atoms with Crippen LogP contribution in [0, 0.1) is 0 Å². The van der Waals surface area contributed by atoms with Crippen LogP contribution in [0.15, 0.2) is 47.4 Å². The smallest absolute Gasteiger partial charge is 0.322 e. The molecule has 232 valence electrons. The number of nitrogens with zero attached hydrogens (tertiary/aromatic N) is 1. The summed E-state index contributed by atoms with van der Waals surface area (Å²) < 4.78 is 68.5. The number of hydrogen-bond donors (Lipinski definition) is 2. The fourth-order valence-electron chi connectivity index (χ4n) is 6.35. The van der Waals surface area contributed by atoms with Crippen molar-refractivity contribution in [2.75, 3.05) is 12.3 Å². The quantitative estimate of drug-likeness (QED) is 0.124. The normalized spacial score (nSPS) is 21.0. The van der Waals surface area contributed by atoms with E-state index >= 15 is 0 Å². The topological polar surface area (TPSA) is 78.5 Å². The number of fused-ring (bicyclic) bond motifs is 1. The Morgan fingerprint density at radius 2 is 1.67 bits per heavy atom. The molecule has 2 N–H and O–H groups in total. The minimum absolute atomic E-state index is 0.111. The molecule has 12 heteroatoms. The van der Waals surface area contributed by atoms with E-state index in [2.05, 4.69) is 10.6 Å². The number of amides is 3. The molecule has 2 aromatic carbocycles. The van der Waals surface area contributed by atoms with Crippen LogP contribution < -0.4 is 10.6 Å². The van der Waals surface area contributed by atoms with Crippen LogP contribution in [-0.4, -0.2) is 46.9 Å². The maximum atomic E-state index is 13.9. The first-order valence-electron chi connectivity index (χ1n) is 14.6. The summed E-state index contributed by atoms with van der Waals surface area (Å²) >= 11 is 1.65. The molecule has 0 bridgehead atoms. The molecule has 0 aromatic heterocycles. The number of piperidine rings is 1. The Balaban J connectivity index is 1.05. The predicted octanol–water partition coefficient (Wildman–Crippen LogP) is 6.42. The van der Waals surface area contributed by atoms with E-state index in [4.69, 9.17) is 0 Å². The molecule has 43 heavy (non-hydrogen) atoms. The fourth-order valence-corrected chi connectivity index (χ4v) is 7.44. The van der Waals surface area contributed by atoms with Crippen molar-refractivity contribution in [1.29, 1.82) is 0 Å². The average molecular weight is 624 g/mol. The van der Waals surface area contributed by atoms with Crippen molar-refractivity contribution in [2.45, 2.75) is 92.9 Å². The molecule has 1 atom stereocenters. The summed E-state index contributed by atoms with van der Waals surface area (Å²) in [7, 11) is 0. The van der Waals surface area contributed by atoms with Crippen LogP contribution in [0.4, 0.5) is 22.0 Å². The van der Waals surface area contributed by atoms with Crippen molar-refractivity contribution in [2.24, 2.45) is 0 Å². The SMILES string of the molecule is O=C1CCC(N2Cc3c(SCCCCCCCNC4(c5ccccc5C(F)(F)F)CC(F)(F)C4)cccc3C2=O)C(=O)N1.